The molecule has 1 aromatic rings. The molecule has 1 rings (SSSR count). The highest BCUT2D eigenvalue weighted by Crippen LogP contribution is 2.29. The SMILES string of the molecule is CCC(C)COc1c(C)cc(Br)cc1CC(C)N. The summed E-state index contributed by atoms with van der Waals surface area (Å²) in [6.07, 6.45) is 1.98. The number of hydrogen-bond donors (Lipinski definition) is 1. The van der Waals surface area contributed by atoms with Crippen LogP contribution in [0.15, 0.2) is 16.6 Å². The second-order valence-electron chi connectivity index (χ2n) is 5.22. The van der Waals surface area contributed by atoms with Gasteiger partial charge >= 0.3 is 0 Å². The first kappa shape index (κ1) is 15.5. The van der Waals surface area contributed by atoms with Gasteiger partial charge in [0.1, 0.15) is 5.75 Å². The van der Waals surface area contributed by atoms with Crippen LogP contribution in [-0.4, -0.2) is 12.6 Å². The maximum absolute atomic E-state index is 6.00. The van der Waals surface area contributed by atoms with Gasteiger partial charge in [0.15, 0.2) is 0 Å². The summed E-state index contributed by atoms with van der Waals surface area (Å²) in [4.78, 5) is 0. The molecule has 0 radical (unpaired) electrons. The minimum Gasteiger partial charge on any atom is -0.493 e. The molecule has 2 unspecified atom stereocenters. The zero-order valence-corrected chi connectivity index (χ0v) is 13.4. The summed E-state index contributed by atoms with van der Waals surface area (Å²) in [5.41, 5.74) is 8.27. The van der Waals surface area contributed by atoms with Crippen molar-refractivity contribution in [1.82, 2.24) is 0 Å². The van der Waals surface area contributed by atoms with E-state index in [0.29, 0.717) is 5.92 Å². The molecule has 0 bridgehead atoms. The smallest absolute Gasteiger partial charge is 0.125 e. The van der Waals surface area contributed by atoms with Crippen molar-refractivity contribution in [2.75, 3.05) is 6.61 Å². The van der Waals surface area contributed by atoms with Crippen LogP contribution in [0.2, 0.25) is 0 Å². The Morgan fingerprint density at radius 3 is 2.56 bits per heavy atom. The summed E-state index contributed by atoms with van der Waals surface area (Å²) < 4.78 is 7.09. The van der Waals surface area contributed by atoms with E-state index in [1.54, 1.807) is 0 Å². The van der Waals surface area contributed by atoms with Gasteiger partial charge < -0.3 is 10.5 Å². The Labute approximate surface area is 119 Å². The molecule has 0 saturated carbocycles. The quantitative estimate of drug-likeness (QED) is 0.859. The third kappa shape index (κ3) is 4.62. The van der Waals surface area contributed by atoms with Crippen LogP contribution in [-0.2, 0) is 6.42 Å². The predicted octanol–water partition coefficient (Wildman–Crippen LogP) is 4.07. The van der Waals surface area contributed by atoms with Crippen molar-refractivity contribution in [2.45, 2.75) is 46.6 Å². The van der Waals surface area contributed by atoms with Crippen LogP contribution in [0, 0.1) is 12.8 Å². The number of hydrogen-bond acceptors (Lipinski definition) is 2. The maximum atomic E-state index is 6.00. The lowest BCUT2D eigenvalue weighted by molar-refractivity contribution is 0.252. The average molecular weight is 314 g/mol. The van der Waals surface area contributed by atoms with Gasteiger partial charge in [0.25, 0.3) is 0 Å². The Hall–Kier alpha value is -0.540. The zero-order valence-electron chi connectivity index (χ0n) is 11.8. The van der Waals surface area contributed by atoms with Gasteiger partial charge in [0.05, 0.1) is 6.61 Å². The van der Waals surface area contributed by atoms with E-state index in [2.05, 4.69) is 48.8 Å². The fourth-order valence-corrected chi connectivity index (χ4v) is 2.47. The third-order valence-corrected chi connectivity index (χ3v) is 3.53. The van der Waals surface area contributed by atoms with E-state index in [9.17, 15) is 0 Å². The molecule has 2 N–H and O–H groups in total. The lowest BCUT2D eigenvalue weighted by Crippen LogP contribution is -2.19. The van der Waals surface area contributed by atoms with E-state index < -0.39 is 0 Å². The molecule has 18 heavy (non-hydrogen) atoms. The van der Waals surface area contributed by atoms with Gasteiger partial charge in [-0.25, -0.2) is 0 Å². The molecule has 0 saturated heterocycles. The Morgan fingerprint density at radius 1 is 1.33 bits per heavy atom. The van der Waals surface area contributed by atoms with Crippen LogP contribution >= 0.6 is 15.9 Å². The van der Waals surface area contributed by atoms with Crippen LogP contribution in [0.5, 0.6) is 5.75 Å². The molecule has 3 heteroatoms. The van der Waals surface area contributed by atoms with Crippen molar-refractivity contribution in [3.8, 4) is 5.75 Å². The molecular formula is C15H24BrNO. The summed E-state index contributed by atoms with van der Waals surface area (Å²) in [7, 11) is 0. The molecule has 2 atom stereocenters. The van der Waals surface area contributed by atoms with Crippen molar-refractivity contribution in [3.05, 3.63) is 27.7 Å². The van der Waals surface area contributed by atoms with E-state index in [0.717, 1.165) is 29.7 Å². The lowest BCUT2D eigenvalue weighted by Gasteiger charge is -2.18. The van der Waals surface area contributed by atoms with Crippen molar-refractivity contribution in [3.63, 3.8) is 0 Å². The van der Waals surface area contributed by atoms with Crippen molar-refractivity contribution < 1.29 is 4.74 Å². The van der Waals surface area contributed by atoms with Gasteiger partial charge in [0, 0.05) is 10.5 Å². The zero-order chi connectivity index (χ0) is 13.7. The molecular weight excluding hydrogens is 290 g/mol. The van der Waals surface area contributed by atoms with Crippen LogP contribution < -0.4 is 10.5 Å². The lowest BCUT2D eigenvalue weighted by atomic mass is 10.0. The molecule has 2 nitrogen and oxygen atoms in total. The second kappa shape index (κ2) is 7.15. The first-order chi connectivity index (χ1) is 8.43. The Kier molecular flexibility index (Phi) is 6.16. The Morgan fingerprint density at radius 2 is 2.00 bits per heavy atom. The van der Waals surface area contributed by atoms with Crippen LogP contribution in [0.3, 0.4) is 0 Å². The summed E-state index contributed by atoms with van der Waals surface area (Å²) in [5.74, 6) is 1.59. The third-order valence-electron chi connectivity index (χ3n) is 3.07. The van der Waals surface area contributed by atoms with E-state index in [4.69, 9.17) is 10.5 Å². The predicted molar refractivity (Wildman–Crippen MR) is 81.2 cm³/mol. The second-order valence-corrected chi connectivity index (χ2v) is 6.13. The highest BCUT2D eigenvalue weighted by Gasteiger charge is 2.12. The first-order valence-corrected chi connectivity index (χ1v) is 7.40. The summed E-state index contributed by atoms with van der Waals surface area (Å²) in [5, 5.41) is 0. The van der Waals surface area contributed by atoms with Gasteiger partial charge in [-0.05, 0) is 49.4 Å². The molecule has 0 heterocycles. The monoisotopic (exact) mass is 313 g/mol. The molecule has 0 amide bonds. The highest BCUT2D eigenvalue weighted by molar-refractivity contribution is 9.10. The topological polar surface area (TPSA) is 35.2 Å². The van der Waals surface area contributed by atoms with E-state index in [1.807, 2.05) is 6.92 Å². The Bertz CT molecular complexity index is 390. The van der Waals surface area contributed by atoms with E-state index in [-0.39, 0.29) is 6.04 Å². The highest BCUT2D eigenvalue weighted by atomic mass is 79.9. The minimum absolute atomic E-state index is 0.143. The molecule has 0 spiro atoms. The Balaban J connectivity index is 2.92. The maximum Gasteiger partial charge on any atom is 0.125 e. The minimum atomic E-state index is 0.143. The molecule has 0 aliphatic heterocycles. The molecule has 102 valence electrons. The van der Waals surface area contributed by atoms with Gasteiger partial charge in [-0.2, -0.15) is 0 Å². The summed E-state index contributed by atoms with van der Waals surface area (Å²) >= 11 is 3.53. The summed E-state index contributed by atoms with van der Waals surface area (Å²) in [6.45, 7) is 9.27. The van der Waals surface area contributed by atoms with Gasteiger partial charge in [-0.1, -0.05) is 36.2 Å². The first-order valence-electron chi connectivity index (χ1n) is 6.61. The molecule has 1 aromatic carbocycles. The fraction of sp³-hybridized carbons (Fsp3) is 0.600. The van der Waals surface area contributed by atoms with Crippen molar-refractivity contribution >= 4 is 15.9 Å². The van der Waals surface area contributed by atoms with Crippen LogP contribution in [0.1, 0.15) is 38.3 Å². The number of ether oxygens (including phenoxy) is 1. The molecule has 0 aromatic heterocycles. The van der Waals surface area contributed by atoms with E-state index in [1.165, 1.54) is 11.1 Å². The number of nitrogens with two attached hydrogens (primary N) is 1. The number of aryl methyl sites for hydroxylation is 1. The number of benzene rings is 1. The number of rotatable bonds is 6. The number of halogens is 1. The largest absolute Gasteiger partial charge is 0.493 e. The summed E-state index contributed by atoms with van der Waals surface area (Å²) in [6, 6.07) is 4.35. The molecule has 0 aliphatic rings. The average Bonchev–Trinajstić information content (AvgIpc) is 2.26. The van der Waals surface area contributed by atoms with E-state index >= 15 is 0 Å². The van der Waals surface area contributed by atoms with Crippen LogP contribution in [0.25, 0.3) is 0 Å². The van der Waals surface area contributed by atoms with Gasteiger partial charge in [-0.15, -0.1) is 0 Å². The van der Waals surface area contributed by atoms with Crippen molar-refractivity contribution in [1.29, 1.82) is 0 Å². The van der Waals surface area contributed by atoms with Gasteiger partial charge in [-0.3, -0.25) is 0 Å². The van der Waals surface area contributed by atoms with Crippen molar-refractivity contribution in [2.24, 2.45) is 11.7 Å². The van der Waals surface area contributed by atoms with Gasteiger partial charge in [0.2, 0.25) is 0 Å². The van der Waals surface area contributed by atoms with Crippen LogP contribution in [0.4, 0.5) is 0 Å². The normalized spacial score (nSPS) is 14.3. The molecule has 0 fully saturated rings. The standard InChI is InChI=1S/C15H24BrNO/c1-5-10(2)9-18-15-11(3)6-14(16)8-13(15)7-12(4)17/h6,8,10,12H,5,7,9,17H2,1-4H3. The fourth-order valence-electron chi connectivity index (χ4n) is 1.85. The molecule has 0 aliphatic carbocycles.